The molecule has 0 unspecified atom stereocenters. The molecule has 2 aromatic heterocycles. The molecular formula is C15H12N2OS2. The average molecular weight is 300 g/mol. The number of thiophene rings is 2. The number of nitrogens with one attached hydrogen (secondary N) is 2. The molecule has 100 valence electrons. The number of amides is 1. The smallest absolute Gasteiger partial charge is 0.265 e. The van der Waals surface area contributed by atoms with Crippen LogP contribution in [0, 0.1) is 0 Å². The zero-order valence-electron chi connectivity index (χ0n) is 10.6. The van der Waals surface area contributed by atoms with Gasteiger partial charge in [0.2, 0.25) is 0 Å². The van der Waals surface area contributed by atoms with Crippen molar-refractivity contribution in [2.24, 2.45) is 0 Å². The van der Waals surface area contributed by atoms with Gasteiger partial charge in [-0.1, -0.05) is 0 Å². The zero-order valence-corrected chi connectivity index (χ0v) is 12.2. The summed E-state index contributed by atoms with van der Waals surface area (Å²) in [5, 5.41) is 8.36. The largest absolute Gasteiger partial charge is 0.384 e. The highest BCUT2D eigenvalue weighted by Crippen LogP contribution is 2.31. The number of benzene rings is 1. The maximum Gasteiger partial charge on any atom is 0.265 e. The third-order valence-corrected chi connectivity index (χ3v) is 5.53. The van der Waals surface area contributed by atoms with Crippen molar-refractivity contribution < 1.29 is 4.79 Å². The Kier molecular flexibility index (Phi) is 2.75. The predicted molar refractivity (Wildman–Crippen MR) is 86.3 cm³/mol. The van der Waals surface area contributed by atoms with Crippen LogP contribution >= 0.6 is 22.7 Å². The molecule has 2 N–H and O–H groups in total. The number of carbonyl (C=O) groups excluding carboxylic acids is 1. The molecule has 0 radical (unpaired) electrons. The van der Waals surface area contributed by atoms with E-state index >= 15 is 0 Å². The molecule has 1 aliphatic heterocycles. The highest BCUT2D eigenvalue weighted by molar-refractivity contribution is 7.27. The first kappa shape index (κ1) is 11.9. The van der Waals surface area contributed by atoms with Crippen molar-refractivity contribution in [1.29, 1.82) is 0 Å². The van der Waals surface area contributed by atoms with E-state index in [2.05, 4.69) is 28.1 Å². The zero-order chi connectivity index (χ0) is 13.5. The number of rotatable bonds is 2. The van der Waals surface area contributed by atoms with E-state index in [4.69, 9.17) is 0 Å². The molecule has 5 heteroatoms. The van der Waals surface area contributed by atoms with Crippen LogP contribution in [0.4, 0.5) is 11.4 Å². The SMILES string of the molecule is O=C(Nc1ccc2c(c1)CCN2)c1cc2sccc2s1. The molecule has 0 atom stereocenters. The van der Waals surface area contributed by atoms with Gasteiger partial charge < -0.3 is 10.6 Å². The number of fused-ring (bicyclic) bond motifs is 2. The van der Waals surface area contributed by atoms with E-state index in [0.29, 0.717) is 0 Å². The first-order chi connectivity index (χ1) is 9.79. The maximum atomic E-state index is 12.3. The first-order valence-electron chi connectivity index (χ1n) is 6.45. The fourth-order valence-corrected chi connectivity index (χ4v) is 4.46. The van der Waals surface area contributed by atoms with Crippen LogP contribution in [0.5, 0.6) is 0 Å². The van der Waals surface area contributed by atoms with Gasteiger partial charge in [-0.3, -0.25) is 4.79 Å². The standard InChI is InChI=1S/C15H12N2OS2/c18-15(14-8-13-12(20-14)4-6-19-13)17-10-1-2-11-9(7-10)3-5-16-11/h1-2,4,6-8,16H,3,5H2,(H,17,18). The van der Waals surface area contributed by atoms with Crippen molar-refractivity contribution in [1.82, 2.24) is 0 Å². The Morgan fingerprint density at radius 3 is 3.05 bits per heavy atom. The Morgan fingerprint density at radius 1 is 1.20 bits per heavy atom. The summed E-state index contributed by atoms with van der Waals surface area (Å²) in [6.45, 7) is 0.980. The van der Waals surface area contributed by atoms with Crippen molar-refractivity contribution >= 4 is 49.4 Å². The van der Waals surface area contributed by atoms with Crippen LogP contribution in [-0.2, 0) is 6.42 Å². The molecule has 1 amide bonds. The molecule has 3 aromatic rings. The van der Waals surface area contributed by atoms with Gasteiger partial charge in [0, 0.05) is 27.3 Å². The van der Waals surface area contributed by atoms with Gasteiger partial charge in [0.25, 0.3) is 5.91 Å². The summed E-state index contributed by atoms with van der Waals surface area (Å²) in [5.74, 6) is -0.0238. The van der Waals surface area contributed by atoms with Crippen molar-refractivity contribution in [3.8, 4) is 0 Å². The number of hydrogen-bond donors (Lipinski definition) is 2. The highest BCUT2D eigenvalue weighted by Gasteiger charge is 2.14. The molecule has 4 rings (SSSR count). The second-order valence-electron chi connectivity index (χ2n) is 4.76. The van der Waals surface area contributed by atoms with E-state index in [0.717, 1.165) is 23.5 Å². The highest BCUT2D eigenvalue weighted by atomic mass is 32.1. The van der Waals surface area contributed by atoms with E-state index < -0.39 is 0 Å². The lowest BCUT2D eigenvalue weighted by atomic mass is 10.1. The fraction of sp³-hybridized carbons (Fsp3) is 0.133. The summed E-state index contributed by atoms with van der Waals surface area (Å²) >= 11 is 3.21. The Balaban J connectivity index is 1.59. The average Bonchev–Trinajstić information content (AvgIpc) is 3.12. The van der Waals surface area contributed by atoms with E-state index in [1.807, 2.05) is 18.2 Å². The van der Waals surface area contributed by atoms with Crippen LogP contribution in [-0.4, -0.2) is 12.5 Å². The topological polar surface area (TPSA) is 41.1 Å². The molecule has 20 heavy (non-hydrogen) atoms. The van der Waals surface area contributed by atoms with E-state index in [9.17, 15) is 4.79 Å². The van der Waals surface area contributed by atoms with Gasteiger partial charge in [-0.15, -0.1) is 22.7 Å². The van der Waals surface area contributed by atoms with Gasteiger partial charge in [-0.2, -0.15) is 0 Å². The Labute approximate surface area is 124 Å². The van der Waals surface area contributed by atoms with E-state index in [-0.39, 0.29) is 5.91 Å². The summed E-state index contributed by atoms with van der Waals surface area (Å²) in [6.07, 6.45) is 1.02. The normalized spacial score (nSPS) is 13.2. The third kappa shape index (κ3) is 1.99. The van der Waals surface area contributed by atoms with Crippen LogP contribution in [0.1, 0.15) is 15.2 Å². The van der Waals surface area contributed by atoms with E-state index in [1.54, 1.807) is 22.7 Å². The number of carbonyl (C=O) groups is 1. The summed E-state index contributed by atoms with van der Waals surface area (Å²) in [4.78, 5) is 13.0. The van der Waals surface area contributed by atoms with Crippen LogP contribution < -0.4 is 10.6 Å². The molecular weight excluding hydrogens is 288 g/mol. The summed E-state index contributed by atoms with van der Waals surface area (Å²) in [5.41, 5.74) is 3.32. The molecule has 0 saturated carbocycles. The molecule has 0 fully saturated rings. The second kappa shape index (κ2) is 4.61. The summed E-state index contributed by atoms with van der Waals surface area (Å²) in [7, 11) is 0. The molecule has 1 aromatic carbocycles. The van der Waals surface area contributed by atoms with Gasteiger partial charge in [-0.25, -0.2) is 0 Å². The van der Waals surface area contributed by atoms with Gasteiger partial charge in [0.05, 0.1) is 4.88 Å². The Bertz CT molecular complexity index is 775. The molecule has 1 aliphatic rings. The minimum absolute atomic E-state index is 0.0238. The number of anilines is 2. The van der Waals surface area contributed by atoms with Crippen molar-refractivity contribution in [2.45, 2.75) is 6.42 Å². The minimum atomic E-state index is -0.0238. The van der Waals surface area contributed by atoms with E-state index in [1.165, 1.54) is 20.7 Å². The molecule has 0 saturated heterocycles. The Morgan fingerprint density at radius 2 is 2.15 bits per heavy atom. The van der Waals surface area contributed by atoms with Crippen LogP contribution in [0.3, 0.4) is 0 Å². The van der Waals surface area contributed by atoms with Crippen LogP contribution in [0.2, 0.25) is 0 Å². The number of hydrogen-bond acceptors (Lipinski definition) is 4. The lowest BCUT2D eigenvalue weighted by molar-refractivity contribution is 0.103. The lowest BCUT2D eigenvalue weighted by Gasteiger charge is -2.06. The van der Waals surface area contributed by atoms with Crippen LogP contribution in [0.15, 0.2) is 35.7 Å². The monoisotopic (exact) mass is 300 g/mol. The minimum Gasteiger partial charge on any atom is -0.384 e. The Hall–Kier alpha value is -1.85. The first-order valence-corrected chi connectivity index (χ1v) is 8.14. The van der Waals surface area contributed by atoms with Gasteiger partial charge in [0.1, 0.15) is 0 Å². The quantitative estimate of drug-likeness (QED) is 0.745. The molecule has 0 aliphatic carbocycles. The van der Waals surface area contributed by atoms with Gasteiger partial charge >= 0.3 is 0 Å². The van der Waals surface area contributed by atoms with Crippen molar-refractivity contribution in [3.05, 3.63) is 46.2 Å². The van der Waals surface area contributed by atoms with Gasteiger partial charge in [0.15, 0.2) is 0 Å². The molecule has 0 bridgehead atoms. The third-order valence-electron chi connectivity index (χ3n) is 3.44. The molecule has 3 nitrogen and oxygen atoms in total. The fourth-order valence-electron chi connectivity index (χ4n) is 2.45. The summed E-state index contributed by atoms with van der Waals surface area (Å²) in [6, 6.07) is 10.1. The van der Waals surface area contributed by atoms with Crippen molar-refractivity contribution in [3.63, 3.8) is 0 Å². The van der Waals surface area contributed by atoms with Crippen LogP contribution in [0.25, 0.3) is 9.40 Å². The molecule has 0 spiro atoms. The second-order valence-corrected chi connectivity index (χ2v) is 6.79. The predicted octanol–water partition coefficient (Wildman–Crippen LogP) is 4.18. The van der Waals surface area contributed by atoms with Crippen molar-refractivity contribution in [2.75, 3.05) is 17.2 Å². The molecule has 3 heterocycles. The van der Waals surface area contributed by atoms with Gasteiger partial charge in [-0.05, 0) is 47.7 Å². The maximum absolute atomic E-state index is 12.3. The summed E-state index contributed by atoms with van der Waals surface area (Å²) < 4.78 is 2.36. The lowest BCUT2D eigenvalue weighted by Crippen LogP contribution is -2.10.